The fourth-order valence-electron chi connectivity index (χ4n) is 3.33. The number of benzene rings is 1. The molecule has 1 fully saturated rings. The molecule has 0 atom stereocenters. The SMILES string of the molecule is CC(C)c1cc(C(=O)NC2CCN(Cc3ccc(F)cc3)CC2)n(C)n1. The van der Waals surface area contributed by atoms with Crippen LogP contribution in [0.25, 0.3) is 0 Å². The first kappa shape index (κ1) is 18.6. The monoisotopic (exact) mass is 358 g/mol. The number of amides is 1. The Morgan fingerprint density at radius 1 is 1.27 bits per heavy atom. The Morgan fingerprint density at radius 2 is 1.92 bits per heavy atom. The standard InChI is InChI=1S/C20H27FN4O/c1-14(2)18-12-19(24(3)23-18)20(26)22-17-8-10-25(11-9-17)13-15-4-6-16(21)7-5-15/h4-7,12,14,17H,8-11,13H2,1-3H3,(H,22,26). The molecule has 3 rings (SSSR count). The van der Waals surface area contributed by atoms with Gasteiger partial charge in [0.05, 0.1) is 5.69 Å². The molecular formula is C20H27FN4O. The maximum Gasteiger partial charge on any atom is 0.269 e. The average Bonchev–Trinajstić information content (AvgIpc) is 3.01. The third kappa shape index (κ3) is 4.49. The van der Waals surface area contributed by atoms with Crippen LogP contribution in [-0.4, -0.2) is 39.7 Å². The molecular weight excluding hydrogens is 331 g/mol. The van der Waals surface area contributed by atoms with Crippen molar-refractivity contribution < 1.29 is 9.18 Å². The molecule has 0 spiro atoms. The van der Waals surface area contributed by atoms with Crippen molar-refractivity contribution in [1.29, 1.82) is 0 Å². The van der Waals surface area contributed by atoms with Crippen molar-refractivity contribution in [2.45, 2.75) is 45.2 Å². The number of piperidine rings is 1. The quantitative estimate of drug-likeness (QED) is 0.894. The van der Waals surface area contributed by atoms with Gasteiger partial charge in [0.25, 0.3) is 5.91 Å². The van der Waals surface area contributed by atoms with Crippen molar-refractivity contribution in [3.05, 3.63) is 53.1 Å². The van der Waals surface area contributed by atoms with E-state index in [1.807, 2.05) is 25.2 Å². The van der Waals surface area contributed by atoms with Gasteiger partial charge in [0.15, 0.2) is 0 Å². The van der Waals surface area contributed by atoms with Gasteiger partial charge in [-0.25, -0.2) is 4.39 Å². The Morgan fingerprint density at radius 3 is 2.50 bits per heavy atom. The first-order chi connectivity index (χ1) is 12.4. The second-order valence-corrected chi connectivity index (χ2v) is 7.38. The van der Waals surface area contributed by atoms with Crippen molar-refractivity contribution in [2.75, 3.05) is 13.1 Å². The summed E-state index contributed by atoms with van der Waals surface area (Å²) in [5.74, 6) is 0.0484. The van der Waals surface area contributed by atoms with Gasteiger partial charge < -0.3 is 5.32 Å². The van der Waals surface area contributed by atoms with Crippen LogP contribution in [0.3, 0.4) is 0 Å². The number of halogens is 1. The van der Waals surface area contributed by atoms with E-state index in [2.05, 4.69) is 29.2 Å². The molecule has 1 saturated heterocycles. The summed E-state index contributed by atoms with van der Waals surface area (Å²) >= 11 is 0. The van der Waals surface area contributed by atoms with Crippen LogP contribution in [0.2, 0.25) is 0 Å². The lowest BCUT2D eigenvalue weighted by molar-refractivity contribution is 0.0899. The van der Waals surface area contributed by atoms with Crippen molar-refractivity contribution in [3.63, 3.8) is 0 Å². The van der Waals surface area contributed by atoms with Gasteiger partial charge in [-0.3, -0.25) is 14.4 Å². The smallest absolute Gasteiger partial charge is 0.269 e. The van der Waals surface area contributed by atoms with E-state index in [-0.39, 0.29) is 17.8 Å². The molecule has 1 aliphatic heterocycles. The van der Waals surface area contributed by atoms with Crippen molar-refractivity contribution >= 4 is 5.91 Å². The van der Waals surface area contributed by atoms with Gasteiger partial charge in [-0.15, -0.1) is 0 Å². The van der Waals surface area contributed by atoms with Crippen LogP contribution in [-0.2, 0) is 13.6 Å². The molecule has 1 aromatic heterocycles. The third-order valence-corrected chi connectivity index (χ3v) is 4.97. The molecule has 1 N–H and O–H groups in total. The third-order valence-electron chi connectivity index (χ3n) is 4.97. The first-order valence-electron chi connectivity index (χ1n) is 9.24. The lowest BCUT2D eigenvalue weighted by atomic mass is 10.0. The molecule has 1 amide bonds. The molecule has 0 bridgehead atoms. The van der Waals surface area contributed by atoms with Crippen LogP contribution in [0.4, 0.5) is 4.39 Å². The van der Waals surface area contributed by atoms with Crippen molar-refractivity contribution in [1.82, 2.24) is 20.0 Å². The van der Waals surface area contributed by atoms with E-state index in [0.717, 1.165) is 43.7 Å². The summed E-state index contributed by atoms with van der Waals surface area (Å²) in [5.41, 5.74) is 2.67. The number of nitrogens with one attached hydrogen (secondary N) is 1. The van der Waals surface area contributed by atoms with E-state index in [1.54, 1.807) is 4.68 Å². The average molecular weight is 358 g/mol. The summed E-state index contributed by atoms with van der Waals surface area (Å²) in [5, 5.41) is 7.55. The van der Waals surface area contributed by atoms with E-state index in [0.29, 0.717) is 11.6 Å². The minimum Gasteiger partial charge on any atom is -0.348 e. The summed E-state index contributed by atoms with van der Waals surface area (Å²) < 4.78 is 14.7. The second-order valence-electron chi connectivity index (χ2n) is 7.38. The molecule has 26 heavy (non-hydrogen) atoms. The Labute approximate surface area is 154 Å². The molecule has 2 aromatic rings. The summed E-state index contributed by atoms with van der Waals surface area (Å²) in [7, 11) is 1.81. The van der Waals surface area contributed by atoms with Crippen LogP contribution in [0.5, 0.6) is 0 Å². The topological polar surface area (TPSA) is 50.2 Å². The summed E-state index contributed by atoms with van der Waals surface area (Å²) in [6, 6.07) is 8.73. The number of aryl methyl sites for hydroxylation is 1. The maximum atomic E-state index is 13.0. The van der Waals surface area contributed by atoms with Crippen LogP contribution in [0, 0.1) is 5.82 Å². The lowest BCUT2D eigenvalue weighted by Crippen LogP contribution is -2.44. The number of hydrogen-bond acceptors (Lipinski definition) is 3. The molecule has 1 aromatic carbocycles. The predicted molar refractivity (Wildman–Crippen MR) is 99.5 cm³/mol. The van der Waals surface area contributed by atoms with Gasteiger partial charge in [0.1, 0.15) is 11.5 Å². The highest BCUT2D eigenvalue weighted by Gasteiger charge is 2.23. The van der Waals surface area contributed by atoms with Gasteiger partial charge in [-0.1, -0.05) is 26.0 Å². The summed E-state index contributed by atoms with van der Waals surface area (Å²) in [6.45, 7) is 6.80. The minimum absolute atomic E-state index is 0.0520. The first-order valence-corrected chi connectivity index (χ1v) is 9.24. The number of likely N-dealkylation sites (tertiary alicyclic amines) is 1. The highest BCUT2D eigenvalue weighted by atomic mass is 19.1. The predicted octanol–water partition coefficient (Wildman–Crippen LogP) is 3.08. The number of rotatable bonds is 5. The summed E-state index contributed by atoms with van der Waals surface area (Å²) in [6.07, 6.45) is 1.84. The summed E-state index contributed by atoms with van der Waals surface area (Å²) in [4.78, 5) is 14.9. The van der Waals surface area contributed by atoms with Gasteiger partial charge >= 0.3 is 0 Å². The molecule has 6 heteroatoms. The highest BCUT2D eigenvalue weighted by Crippen LogP contribution is 2.17. The van der Waals surface area contributed by atoms with Crippen LogP contribution in [0.15, 0.2) is 30.3 Å². The van der Waals surface area contributed by atoms with E-state index in [9.17, 15) is 9.18 Å². The zero-order chi connectivity index (χ0) is 18.7. The Balaban J connectivity index is 1.50. The lowest BCUT2D eigenvalue weighted by Gasteiger charge is -2.32. The van der Waals surface area contributed by atoms with Crippen LogP contribution < -0.4 is 5.32 Å². The fourth-order valence-corrected chi connectivity index (χ4v) is 3.33. The second kappa shape index (κ2) is 7.99. The number of hydrogen-bond donors (Lipinski definition) is 1. The van der Waals surface area contributed by atoms with Crippen molar-refractivity contribution in [3.8, 4) is 0 Å². The number of carbonyl (C=O) groups is 1. The molecule has 5 nitrogen and oxygen atoms in total. The minimum atomic E-state index is -0.203. The number of nitrogens with zero attached hydrogens (tertiary/aromatic N) is 3. The van der Waals surface area contributed by atoms with E-state index < -0.39 is 0 Å². The van der Waals surface area contributed by atoms with Gasteiger partial charge in [0.2, 0.25) is 0 Å². The Kier molecular flexibility index (Phi) is 5.71. The maximum absolute atomic E-state index is 13.0. The largest absolute Gasteiger partial charge is 0.348 e. The molecule has 1 aliphatic rings. The molecule has 0 radical (unpaired) electrons. The van der Waals surface area contributed by atoms with Crippen molar-refractivity contribution in [2.24, 2.45) is 7.05 Å². The zero-order valence-corrected chi connectivity index (χ0v) is 15.7. The number of carbonyl (C=O) groups excluding carboxylic acids is 1. The molecule has 140 valence electrons. The number of aromatic nitrogens is 2. The molecule has 0 saturated carbocycles. The van der Waals surface area contributed by atoms with E-state index >= 15 is 0 Å². The van der Waals surface area contributed by atoms with Crippen LogP contribution >= 0.6 is 0 Å². The van der Waals surface area contributed by atoms with Gasteiger partial charge in [-0.05, 0) is 42.5 Å². The van der Waals surface area contributed by atoms with E-state index in [4.69, 9.17) is 0 Å². The fraction of sp³-hybridized carbons (Fsp3) is 0.500. The van der Waals surface area contributed by atoms with Crippen LogP contribution in [0.1, 0.15) is 54.4 Å². The molecule has 0 unspecified atom stereocenters. The zero-order valence-electron chi connectivity index (χ0n) is 15.7. The Hall–Kier alpha value is -2.21. The van der Waals surface area contributed by atoms with Gasteiger partial charge in [-0.2, -0.15) is 5.10 Å². The normalized spacial score (nSPS) is 16.2. The molecule has 2 heterocycles. The van der Waals surface area contributed by atoms with E-state index in [1.165, 1.54) is 12.1 Å². The Bertz CT molecular complexity index is 746. The molecule has 0 aliphatic carbocycles. The van der Waals surface area contributed by atoms with Gasteiger partial charge in [0, 0.05) is 32.7 Å². The highest BCUT2D eigenvalue weighted by molar-refractivity contribution is 5.92.